The number of hydrogen-bond acceptors (Lipinski definition) is 5. The molecule has 1 amide bonds. The molecule has 0 aromatic heterocycles. The van der Waals surface area contributed by atoms with Crippen LogP contribution in [0.5, 0.6) is 0 Å². The lowest BCUT2D eigenvalue weighted by Crippen LogP contribution is -2.44. The molecule has 1 saturated heterocycles. The van der Waals surface area contributed by atoms with E-state index in [1.807, 2.05) is 36.4 Å². The number of ether oxygens (including phenoxy) is 2. The third kappa shape index (κ3) is 7.52. The van der Waals surface area contributed by atoms with Gasteiger partial charge in [0.25, 0.3) is 9.70 Å². The number of rotatable bonds is 8. The van der Waals surface area contributed by atoms with Gasteiger partial charge in [0.15, 0.2) is 6.29 Å². The second-order valence-corrected chi connectivity index (χ2v) is 13.4. The van der Waals surface area contributed by atoms with Crippen molar-refractivity contribution in [1.29, 1.82) is 0 Å². The first-order valence-corrected chi connectivity index (χ1v) is 15.3. The van der Waals surface area contributed by atoms with E-state index in [-0.39, 0.29) is 30.8 Å². The molecule has 0 unspecified atom stereocenters. The van der Waals surface area contributed by atoms with Gasteiger partial charge >= 0.3 is 0 Å². The van der Waals surface area contributed by atoms with E-state index in [0.29, 0.717) is 12.2 Å². The Bertz CT molecular complexity index is 1540. The summed E-state index contributed by atoms with van der Waals surface area (Å²) in [5.41, 5.74) is 4.38. The molecule has 4 aromatic carbocycles. The van der Waals surface area contributed by atoms with Crippen LogP contribution in [0.1, 0.15) is 54.5 Å². The van der Waals surface area contributed by atoms with Crippen LogP contribution >= 0.6 is 34.8 Å². The largest absolute Gasteiger partial charge is 0.392 e. The summed E-state index contributed by atoms with van der Waals surface area (Å²) in [4.78, 5) is 14.4. The van der Waals surface area contributed by atoms with Crippen molar-refractivity contribution in [2.75, 3.05) is 18.9 Å². The number of anilines is 1. The van der Waals surface area contributed by atoms with Crippen LogP contribution in [-0.4, -0.2) is 39.4 Å². The Balaban J connectivity index is 1.38. The van der Waals surface area contributed by atoms with Crippen LogP contribution in [0.25, 0.3) is 10.8 Å². The number of fused-ring (bicyclic) bond motifs is 1. The summed E-state index contributed by atoms with van der Waals surface area (Å²) >= 11 is 17.1. The molecule has 0 spiro atoms. The van der Waals surface area contributed by atoms with E-state index in [9.17, 15) is 9.90 Å². The number of alkyl halides is 3. The minimum atomic E-state index is -2.06. The summed E-state index contributed by atoms with van der Waals surface area (Å²) < 4.78 is 11.1. The first kappa shape index (κ1) is 31.7. The van der Waals surface area contributed by atoms with E-state index in [0.717, 1.165) is 16.7 Å². The summed E-state index contributed by atoms with van der Waals surface area (Å²) in [5.74, 6) is -0.704. The smallest absolute Gasteiger partial charge is 0.276 e. The fraction of sp³-hybridized carbons (Fsp3) is 0.324. The topological polar surface area (TPSA) is 71.0 Å². The number of halogens is 3. The van der Waals surface area contributed by atoms with Crippen LogP contribution in [0, 0.1) is 5.92 Å². The molecule has 4 aromatic rings. The predicted octanol–water partition coefficient (Wildman–Crippen LogP) is 8.13. The second-order valence-electron chi connectivity index (χ2n) is 11.1. The summed E-state index contributed by atoms with van der Waals surface area (Å²) in [6.45, 7) is 5.02. The number of carbonyl (C=O) groups is 1. The van der Waals surface area contributed by atoms with Gasteiger partial charge in [0.2, 0.25) is 0 Å². The third-order valence-corrected chi connectivity index (χ3v) is 8.72. The Hall–Kier alpha value is -2.68. The Morgan fingerprint density at radius 3 is 2.23 bits per heavy atom. The van der Waals surface area contributed by atoms with Gasteiger partial charge in [0, 0.05) is 29.8 Å². The Labute approximate surface area is 267 Å². The lowest BCUT2D eigenvalue weighted by molar-refractivity contribution is -0.276. The van der Waals surface area contributed by atoms with Gasteiger partial charge in [-0.05, 0) is 59.6 Å². The minimum Gasteiger partial charge on any atom is -0.392 e. The highest BCUT2D eigenvalue weighted by atomic mass is 35.6. The number of benzene rings is 4. The molecule has 226 valence electrons. The average Bonchev–Trinajstić information content (AvgIpc) is 3.01. The number of likely N-dealkylation sites (N-methyl/N-ethyl adjacent to an activating group) is 1. The normalized spacial score (nSPS) is 21.6. The van der Waals surface area contributed by atoms with E-state index in [1.165, 1.54) is 16.3 Å². The van der Waals surface area contributed by atoms with E-state index >= 15 is 0 Å². The predicted molar refractivity (Wildman–Crippen MR) is 173 cm³/mol. The molecule has 6 nitrogen and oxygen atoms in total. The lowest BCUT2D eigenvalue weighted by Gasteiger charge is -2.43. The highest BCUT2D eigenvalue weighted by molar-refractivity contribution is 6.76. The molecule has 5 rings (SSSR count). The van der Waals surface area contributed by atoms with E-state index in [4.69, 9.17) is 44.3 Å². The highest BCUT2D eigenvalue weighted by Gasteiger charge is 2.39. The van der Waals surface area contributed by atoms with Crippen molar-refractivity contribution in [2.45, 2.75) is 48.8 Å². The van der Waals surface area contributed by atoms with Crippen molar-refractivity contribution in [3.05, 3.63) is 113 Å². The fourth-order valence-electron chi connectivity index (χ4n) is 5.42. The molecular formula is C34H35Cl3N2O4. The van der Waals surface area contributed by atoms with Gasteiger partial charge in [-0.25, -0.2) is 0 Å². The number of amides is 1. The minimum absolute atomic E-state index is 0.0195. The Kier molecular flexibility index (Phi) is 9.99. The van der Waals surface area contributed by atoms with Crippen molar-refractivity contribution in [1.82, 2.24) is 4.90 Å². The molecule has 0 saturated carbocycles. The van der Waals surface area contributed by atoms with Crippen molar-refractivity contribution in [3.8, 4) is 0 Å². The first-order valence-electron chi connectivity index (χ1n) is 14.2. The van der Waals surface area contributed by atoms with Crippen LogP contribution in [0.3, 0.4) is 0 Å². The molecule has 2 N–H and O–H groups in total. The summed E-state index contributed by atoms with van der Waals surface area (Å²) in [6, 6.07) is 30.1. The lowest BCUT2D eigenvalue weighted by atomic mass is 9.89. The van der Waals surface area contributed by atoms with Crippen LogP contribution in [0.2, 0.25) is 0 Å². The van der Waals surface area contributed by atoms with Gasteiger partial charge in [0.05, 0.1) is 18.8 Å². The highest BCUT2D eigenvalue weighted by Crippen LogP contribution is 2.42. The average molecular weight is 642 g/mol. The number of aliphatic hydroxyl groups excluding tert-OH is 1. The molecule has 1 aliphatic rings. The molecule has 1 aliphatic heterocycles. The fourth-order valence-corrected chi connectivity index (χ4v) is 5.56. The molecule has 9 heteroatoms. The molecule has 0 bridgehead atoms. The summed E-state index contributed by atoms with van der Waals surface area (Å²) in [7, 11) is 2.12. The zero-order valence-corrected chi connectivity index (χ0v) is 26.5. The maximum atomic E-state index is 12.1. The van der Waals surface area contributed by atoms with Gasteiger partial charge in [-0.15, -0.1) is 0 Å². The quantitative estimate of drug-likeness (QED) is 0.190. The first-order chi connectivity index (χ1) is 20.5. The molecule has 1 heterocycles. The number of nitrogens with one attached hydrogen (secondary N) is 1. The molecular weight excluding hydrogens is 607 g/mol. The van der Waals surface area contributed by atoms with Gasteiger partial charge in [0.1, 0.15) is 0 Å². The Morgan fingerprint density at radius 2 is 1.58 bits per heavy atom. The number of hydrogen-bond donors (Lipinski definition) is 2. The van der Waals surface area contributed by atoms with Crippen LogP contribution < -0.4 is 5.32 Å². The summed E-state index contributed by atoms with van der Waals surface area (Å²) in [5, 5.41) is 14.6. The van der Waals surface area contributed by atoms with Crippen LogP contribution in [0.15, 0.2) is 91.0 Å². The van der Waals surface area contributed by atoms with Crippen molar-refractivity contribution >= 4 is 57.2 Å². The second kappa shape index (κ2) is 13.5. The van der Waals surface area contributed by atoms with Gasteiger partial charge in [-0.2, -0.15) is 0 Å². The zero-order chi connectivity index (χ0) is 30.7. The molecule has 0 radical (unpaired) electrons. The maximum Gasteiger partial charge on any atom is 0.276 e. The maximum absolute atomic E-state index is 12.1. The molecule has 5 atom stereocenters. The van der Waals surface area contributed by atoms with Crippen molar-refractivity contribution in [3.63, 3.8) is 0 Å². The van der Waals surface area contributed by atoms with Gasteiger partial charge < -0.3 is 19.9 Å². The van der Waals surface area contributed by atoms with Gasteiger partial charge in [-0.1, -0.05) is 115 Å². The Morgan fingerprint density at radius 1 is 0.930 bits per heavy atom. The van der Waals surface area contributed by atoms with Crippen LogP contribution in [0.4, 0.5) is 5.69 Å². The summed E-state index contributed by atoms with van der Waals surface area (Å²) in [6.07, 6.45) is -1.05. The monoisotopic (exact) mass is 640 g/mol. The SMILES string of the molecule is C[C@@H]1[C@H](CN(C)[C@H](C)c2ccc3ccccc3c2)O[C@H](c2ccc(NC(=O)C(Cl)(Cl)Cl)cc2)O[C@@H]1c1ccc(CO)cc1. The van der Waals surface area contributed by atoms with Crippen LogP contribution in [-0.2, 0) is 20.9 Å². The number of carbonyl (C=O) groups excluding carboxylic acids is 1. The molecule has 43 heavy (non-hydrogen) atoms. The van der Waals surface area contributed by atoms with Gasteiger partial charge in [-0.3, -0.25) is 9.69 Å². The van der Waals surface area contributed by atoms with Crippen molar-refractivity contribution < 1.29 is 19.4 Å². The molecule has 1 fully saturated rings. The van der Waals surface area contributed by atoms with Crippen molar-refractivity contribution in [2.24, 2.45) is 5.92 Å². The third-order valence-electron chi connectivity index (χ3n) is 8.21. The number of aliphatic hydroxyl groups is 1. The van der Waals surface area contributed by atoms with E-state index in [2.05, 4.69) is 73.6 Å². The standard InChI is InChI=1S/C34H35Cl3N2O4/c1-21-30(19-39(3)22(2)27-13-12-24-6-4-5-7-28(24)18-27)42-32(43-31(21)25-10-8-23(20-40)9-11-25)26-14-16-29(17-15-26)38-33(41)34(35,36)37/h4-18,21-22,30-32,40H,19-20H2,1-3H3,(H,38,41)/t21-,22-,30+,31+,32+/m1/s1. The van der Waals surface area contributed by atoms with E-state index in [1.54, 1.807) is 12.1 Å². The zero-order valence-electron chi connectivity index (χ0n) is 24.2. The number of nitrogens with zero attached hydrogens (tertiary/aromatic N) is 1. The van der Waals surface area contributed by atoms with E-state index < -0.39 is 16.0 Å². The molecule has 0 aliphatic carbocycles.